The van der Waals surface area contributed by atoms with Crippen molar-refractivity contribution < 1.29 is 22.7 Å². The predicted octanol–water partition coefficient (Wildman–Crippen LogP) is 4.32. The Kier molecular flexibility index (Phi) is 5.98. The molecule has 0 aliphatic heterocycles. The van der Waals surface area contributed by atoms with Crippen LogP contribution in [0.2, 0.25) is 0 Å². The van der Waals surface area contributed by atoms with E-state index in [1.807, 2.05) is 45.0 Å². The first-order valence-electron chi connectivity index (χ1n) is 9.31. The molecule has 30 heavy (non-hydrogen) atoms. The Morgan fingerprint density at radius 3 is 2.23 bits per heavy atom. The average molecular weight is 429 g/mol. The monoisotopic (exact) mass is 428 g/mol. The van der Waals surface area contributed by atoms with Gasteiger partial charge in [0.25, 0.3) is 0 Å². The highest BCUT2D eigenvalue weighted by Gasteiger charge is 2.18. The quantitative estimate of drug-likeness (QED) is 0.602. The molecule has 0 spiro atoms. The minimum absolute atomic E-state index is 0.279. The Morgan fingerprint density at radius 2 is 1.67 bits per heavy atom. The van der Waals surface area contributed by atoms with Crippen LogP contribution in [0, 0.1) is 0 Å². The summed E-state index contributed by atoms with van der Waals surface area (Å²) in [6, 6.07) is 13.9. The topological polar surface area (TPSA) is 87.5 Å². The molecular formula is C22H24N2O5S. The zero-order valence-corrected chi connectivity index (χ0v) is 18.1. The first-order valence-corrected chi connectivity index (χ1v) is 11.2. The number of hydrogen-bond donors (Lipinski definition) is 0. The smallest absolute Gasteiger partial charge is 0.419 e. The number of carbonyl (C=O) groups excluding carboxylic acids is 1. The van der Waals surface area contributed by atoms with Crippen LogP contribution in [0.15, 0.2) is 66.0 Å². The Bertz CT molecular complexity index is 1130. The molecule has 0 atom stereocenters. The molecule has 0 fully saturated rings. The average Bonchev–Trinajstić information content (AvgIpc) is 3.15. The van der Waals surface area contributed by atoms with Crippen LogP contribution in [0.4, 0.5) is 4.79 Å². The van der Waals surface area contributed by atoms with Gasteiger partial charge in [0, 0.05) is 18.0 Å². The summed E-state index contributed by atoms with van der Waals surface area (Å²) < 4.78 is 35.4. The van der Waals surface area contributed by atoms with Crippen molar-refractivity contribution in [2.45, 2.75) is 37.9 Å². The Labute approximate surface area is 176 Å². The number of benzene rings is 2. The minimum Gasteiger partial charge on any atom is -0.489 e. The Hall–Kier alpha value is -3.13. The summed E-state index contributed by atoms with van der Waals surface area (Å²) in [5.41, 5.74) is 1.76. The Balaban J connectivity index is 1.62. The van der Waals surface area contributed by atoms with Gasteiger partial charge >= 0.3 is 6.09 Å². The van der Waals surface area contributed by atoms with Gasteiger partial charge in [0.05, 0.1) is 10.6 Å². The van der Waals surface area contributed by atoms with E-state index in [1.165, 1.54) is 17.2 Å². The largest absolute Gasteiger partial charge is 0.489 e. The predicted molar refractivity (Wildman–Crippen MR) is 113 cm³/mol. The molecule has 8 heteroatoms. The van der Waals surface area contributed by atoms with Crippen LogP contribution >= 0.6 is 0 Å². The molecule has 2 aromatic carbocycles. The van der Waals surface area contributed by atoms with Gasteiger partial charge in [-0.1, -0.05) is 12.1 Å². The normalized spacial score (nSPS) is 11.9. The fourth-order valence-corrected chi connectivity index (χ4v) is 3.24. The molecule has 0 bridgehead atoms. The standard InChI is InChI=1S/C22H24N2O5S/c1-22(2,3)29-21(25)24-13-20(23-15-24)17-7-9-18(10-8-17)28-14-16-5-11-19(12-6-16)30(4,26)27/h5-13,15H,14H2,1-4H3. The van der Waals surface area contributed by atoms with Gasteiger partial charge in [0.1, 0.15) is 24.3 Å². The number of nitrogens with zero attached hydrogens (tertiary/aromatic N) is 2. The minimum atomic E-state index is -3.21. The summed E-state index contributed by atoms with van der Waals surface area (Å²) in [6.45, 7) is 5.74. The van der Waals surface area contributed by atoms with Crippen molar-refractivity contribution in [3.8, 4) is 17.0 Å². The van der Waals surface area contributed by atoms with Gasteiger partial charge in [-0.25, -0.2) is 22.8 Å². The second kappa shape index (κ2) is 8.31. The third-order valence-electron chi connectivity index (χ3n) is 4.09. The molecule has 7 nitrogen and oxygen atoms in total. The third-order valence-corrected chi connectivity index (χ3v) is 5.22. The van der Waals surface area contributed by atoms with E-state index in [0.29, 0.717) is 18.1 Å². The lowest BCUT2D eigenvalue weighted by molar-refractivity contribution is 0.0536. The molecule has 0 radical (unpaired) electrons. The number of sulfone groups is 1. The van der Waals surface area contributed by atoms with Crippen LogP contribution in [0.25, 0.3) is 11.3 Å². The van der Waals surface area contributed by atoms with Crippen molar-refractivity contribution in [2.75, 3.05) is 6.26 Å². The summed E-state index contributed by atoms with van der Waals surface area (Å²) in [6.07, 6.45) is 3.74. The molecule has 0 aliphatic carbocycles. The van der Waals surface area contributed by atoms with Crippen LogP contribution in [0.3, 0.4) is 0 Å². The molecular weight excluding hydrogens is 404 g/mol. The molecule has 0 amide bonds. The van der Waals surface area contributed by atoms with E-state index in [1.54, 1.807) is 30.5 Å². The maximum Gasteiger partial charge on any atom is 0.419 e. The SMILES string of the molecule is CC(C)(C)OC(=O)n1cnc(-c2ccc(OCc3ccc(S(C)(=O)=O)cc3)cc2)c1. The summed E-state index contributed by atoms with van der Waals surface area (Å²) in [5.74, 6) is 0.664. The van der Waals surface area contributed by atoms with E-state index in [9.17, 15) is 13.2 Å². The highest BCUT2D eigenvalue weighted by atomic mass is 32.2. The van der Waals surface area contributed by atoms with Gasteiger partial charge in [-0.3, -0.25) is 0 Å². The summed E-state index contributed by atoms with van der Waals surface area (Å²) >= 11 is 0. The number of imidazole rings is 1. The Morgan fingerprint density at radius 1 is 1.03 bits per heavy atom. The molecule has 3 rings (SSSR count). The molecule has 158 valence electrons. The lowest BCUT2D eigenvalue weighted by Crippen LogP contribution is -2.26. The van der Waals surface area contributed by atoms with Crippen molar-refractivity contribution in [3.05, 3.63) is 66.6 Å². The van der Waals surface area contributed by atoms with Gasteiger partial charge in [-0.05, 0) is 62.7 Å². The highest BCUT2D eigenvalue weighted by Crippen LogP contribution is 2.22. The van der Waals surface area contributed by atoms with E-state index in [-0.39, 0.29) is 4.90 Å². The molecule has 0 saturated carbocycles. The van der Waals surface area contributed by atoms with Crippen molar-refractivity contribution in [1.29, 1.82) is 0 Å². The maximum atomic E-state index is 12.1. The van der Waals surface area contributed by atoms with Crippen LogP contribution in [0.1, 0.15) is 26.3 Å². The first kappa shape index (κ1) is 21.6. The fourth-order valence-electron chi connectivity index (χ4n) is 2.61. The number of hydrogen-bond acceptors (Lipinski definition) is 6. The van der Waals surface area contributed by atoms with E-state index in [2.05, 4.69) is 4.98 Å². The van der Waals surface area contributed by atoms with Crippen LogP contribution in [-0.4, -0.2) is 35.9 Å². The second-order valence-electron chi connectivity index (χ2n) is 7.88. The lowest BCUT2D eigenvalue weighted by atomic mass is 10.1. The molecule has 0 aliphatic rings. The lowest BCUT2D eigenvalue weighted by Gasteiger charge is -2.19. The first-order chi connectivity index (χ1) is 14.0. The highest BCUT2D eigenvalue weighted by molar-refractivity contribution is 7.90. The summed E-state index contributed by atoms with van der Waals surface area (Å²) in [4.78, 5) is 16.6. The maximum absolute atomic E-state index is 12.1. The van der Waals surface area contributed by atoms with Crippen molar-refractivity contribution in [2.24, 2.45) is 0 Å². The zero-order chi connectivity index (χ0) is 21.9. The van der Waals surface area contributed by atoms with Gasteiger partial charge in [-0.15, -0.1) is 0 Å². The molecule has 0 unspecified atom stereocenters. The molecule has 1 heterocycles. The molecule has 3 aromatic rings. The van der Waals surface area contributed by atoms with Crippen molar-refractivity contribution in [1.82, 2.24) is 9.55 Å². The summed E-state index contributed by atoms with van der Waals surface area (Å²) in [5, 5.41) is 0. The molecule has 0 saturated heterocycles. The number of carbonyl (C=O) groups is 1. The molecule has 0 N–H and O–H groups in total. The fraction of sp³-hybridized carbons (Fsp3) is 0.273. The zero-order valence-electron chi connectivity index (χ0n) is 17.3. The van der Waals surface area contributed by atoms with E-state index >= 15 is 0 Å². The second-order valence-corrected chi connectivity index (χ2v) is 9.89. The van der Waals surface area contributed by atoms with Crippen molar-refractivity contribution in [3.63, 3.8) is 0 Å². The van der Waals surface area contributed by atoms with Crippen LogP contribution < -0.4 is 4.74 Å². The van der Waals surface area contributed by atoms with Gasteiger partial charge in [-0.2, -0.15) is 0 Å². The van der Waals surface area contributed by atoms with Crippen LogP contribution in [0.5, 0.6) is 5.75 Å². The third kappa shape index (κ3) is 5.70. The van der Waals surface area contributed by atoms with Crippen LogP contribution in [-0.2, 0) is 21.2 Å². The van der Waals surface area contributed by atoms with E-state index in [0.717, 1.165) is 11.1 Å². The van der Waals surface area contributed by atoms with Gasteiger partial charge < -0.3 is 9.47 Å². The summed E-state index contributed by atoms with van der Waals surface area (Å²) in [7, 11) is -3.21. The van der Waals surface area contributed by atoms with Gasteiger partial charge in [0.2, 0.25) is 0 Å². The number of aromatic nitrogens is 2. The van der Waals surface area contributed by atoms with E-state index in [4.69, 9.17) is 9.47 Å². The van der Waals surface area contributed by atoms with E-state index < -0.39 is 21.5 Å². The molecule has 1 aromatic heterocycles. The number of rotatable bonds is 5. The number of ether oxygens (including phenoxy) is 2. The van der Waals surface area contributed by atoms with Crippen molar-refractivity contribution >= 4 is 15.9 Å². The van der Waals surface area contributed by atoms with Gasteiger partial charge in [0.15, 0.2) is 9.84 Å².